The maximum atomic E-state index is 13.6. The zero-order valence-electron chi connectivity index (χ0n) is 15.7. The van der Waals surface area contributed by atoms with Crippen molar-refractivity contribution in [3.8, 4) is 0 Å². The first-order valence-corrected chi connectivity index (χ1v) is 9.29. The summed E-state index contributed by atoms with van der Waals surface area (Å²) >= 11 is 0. The number of rotatable bonds is 6. The fourth-order valence-electron chi connectivity index (χ4n) is 3.49. The minimum absolute atomic E-state index is 0.165. The highest BCUT2D eigenvalue weighted by Gasteiger charge is 2.29. The molecule has 2 N–H and O–H groups in total. The number of halogens is 1. The number of piperidine rings is 1. The number of likely N-dealkylation sites (tertiary alicyclic amines) is 1. The van der Waals surface area contributed by atoms with E-state index in [2.05, 4.69) is 15.4 Å². The van der Waals surface area contributed by atoms with Crippen molar-refractivity contribution in [2.45, 2.75) is 51.8 Å². The molecular formula is C20H26FN3O3. The van der Waals surface area contributed by atoms with Crippen molar-refractivity contribution in [3.05, 3.63) is 52.7 Å². The Kier molecular flexibility index (Phi) is 6.23. The van der Waals surface area contributed by atoms with E-state index >= 15 is 0 Å². The number of carbonyl (C=O) groups excluding carboxylic acids is 1. The van der Waals surface area contributed by atoms with Crippen LogP contribution in [0.4, 0.5) is 4.39 Å². The van der Waals surface area contributed by atoms with Gasteiger partial charge in [0.1, 0.15) is 11.6 Å². The molecule has 0 radical (unpaired) electrons. The molecule has 7 heteroatoms. The van der Waals surface area contributed by atoms with Crippen molar-refractivity contribution in [2.75, 3.05) is 13.1 Å². The molecule has 2 aromatic rings. The third-order valence-electron chi connectivity index (χ3n) is 5.15. The van der Waals surface area contributed by atoms with Gasteiger partial charge in [-0.1, -0.05) is 23.4 Å². The molecule has 6 nitrogen and oxygen atoms in total. The molecule has 0 unspecified atom stereocenters. The van der Waals surface area contributed by atoms with Gasteiger partial charge in [-0.15, -0.1) is 0 Å². The molecule has 0 saturated carbocycles. The van der Waals surface area contributed by atoms with Crippen LogP contribution in [0.3, 0.4) is 0 Å². The van der Waals surface area contributed by atoms with E-state index in [-0.39, 0.29) is 24.2 Å². The first-order valence-electron chi connectivity index (χ1n) is 9.29. The summed E-state index contributed by atoms with van der Waals surface area (Å²) in [5, 5.41) is 17.3. The summed E-state index contributed by atoms with van der Waals surface area (Å²) in [5.74, 6) is 0.338. The van der Waals surface area contributed by atoms with Crippen LogP contribution in [0.25, 0.3) is 0 Å². The van der Waals surface area contributed by atoms with Gasteiger partial charge >= 0.3 is 0 Å². The molecule has 1 aromatic carbocycles. The lowest BCUT2D eigenvalue weighted by atomic mass is 10.0. The van der Waals surface area contributed by atoms with Crippen LogP contribution < -0.4 is 5.32 Å². The Hall–Kier alpha value is -2.25. The van der Waals surface area contributed by atoms with Crippen LogP contribution in [0.15, 0.2) is 28.8 Å². The number of aromatic nitrogens is 1. The molecule has 2 atom stereocenters. The molecule has 0 bridgehead atoms. The standard InChI is InChI=1S/C20H26FN3O3/c1-13-16(14(2)27-23-13)11-24-10-9-18(19(25)12-24)22-20(26)8-7-15-5-3-4-6-17(15)21/h3-6,18-19,25H,7-12H2,1-2H3,(H,22,26)/t18-,19-/m1/s1. The number of hydrogen-bond acceptors (Lipinski definition) is 5. The minimum atomic E-state index is -0.642. The van der Waals surface area contributed by atoms with Gasteiger partial charge in [-0.2, -0.15) is 0 Å². The number of aryl methyl sites for hydroxylation is 3. The van der Waals surface area contributed by atoms with Crippen molar-refractivity contribution < 1.29 is 18.8 Å². The molecule has 27 heavy (non-hydrogen) atoms. The molecular weight excluding hydrogens is 349 g/mol. The van der Waals surface area contributed by atoms with E-state index in [9.17, 15) is 14.3 Å². The number of aliphatic hydroxyl groups is 1. The van der Waals surface area contributed by atoms with Crippen molar-refractivity contribution in [1.29, 1.82) is 0 Å². The van der Waals surface area contributed by atoms with Gasteiger partial charge in [0.25, 0.3) is 0 Å². The molecule has 2 heterocycles. The zero-order chi connectivity index (χ0) is 19.4. The summed E-state index contributed by atoms with van der Waals surface area (Å²) in [6, 6.07) is 6.19. The Balaban J connectivity index is 1.47. The van der Waals surface area contributed by atoms with Crippen LogP contribution in [0, 0.1) is 19.7 Å². The Bertz CT molecular complexity index is 773. The molecule has 0 aliphatic carbocycles. The summed E-state index contributed by atoms with van der Waals surface area (Å²) in [4.78, 5) is 14.3. The van der Waals surface area contributed by atoms with Gasteiger partial charge in [0, 0.05) is 31.6 Å². The van der Waals surface area contributed by atoms with E-state index in [1.165, 1.54) is 6.07 Å². The van der Waals surface area contributed by atoms with Gasteiger partial charge in [-0.25, -0.2) is 4.39 Å². The fourth-order valence-corrected chi connectivity index (χ4v) is 3.49. The van der Waals surface area contributed by atoms with E-state index < -0.39 is 6.10 Å². The predicted octanol–water partition coefficient (Wildman–Crippen LogP) is 2.11. The molecule has 1 fully saturated rings. The second-order valence-electron chi connectivity index (χ2n) is 7.16. The van der Waals surface area contributed by atoms with Crippen molar-refractivity contribution >= 4 is 5.91 Å². The second kappa shape index (κ2) is 8.63. The van der Waals surface area contributed by atoms with E-state index in [1.807, 2.05) is 13.8 Å². The third kappa shape index (κ3) is 4.93. The Labute approximate surface area is 158 Å². The summed E-state index contributed by atoms with van der Waals surface area (Å²) in [6.45, 7) is 5.70. The predicted molar refractivity (Wildman–Crippen MR) is 98.5 cm³/mol. The van der Waals surface area contributed by atoms with Gasteiger partial charge in [0.05, 0.1) is 17.8 Å². The number of nitrogens with zero attached hydrogens (tertiary/aromatic N) is 2. The molecule has 1 aliphatic rings. The Morgan fingerprint density at radius 3 is 2.85 bits per heavy atom. The molecule has 1 amide bonds. The highest BCUT2D eigenvalue weighted by molar-refractivity contribution is 5.76. The summed E-state index contributed by atoms with van der Waals surface area (Å²) < 4.78 is 18.8. The summed E-state index contributed by atoms with van der Waals surface area (Å²) in [7, 11) is 0. The molecule has 1 aliphatic heterocycles. The van der Waals surface area contributed by atoms with Gasteiger partial charge in [-0.05, 0) is 38.3 Å². The van der Waals surface area contributed by atoms with Gasteiger partial charge in [0.15, 0.2) is 0 Å². The summed E-state index contributed by atoms with van der Waals surface area (Å²) in [6.07, 6.45) is 0.569. The highest BCUT2D eigenvalue weighted by Crippen LogP contribution is 2.19. The number of carbonyl (C=O) groups is 1. The first kappa shape index (κ1) is 19.5. The van der Waals surface area contributed by atoms with Crippen LogP contribution in [0.5, 0.6) is 0 Å². The van der Waals surface area contributed by atoms with Crippen molar-refractivity contribution in [2.24, 2.45) is 0 Å². The van der Waals surface area contributed by atoms with E-state index in [1.54, 1.807) is 18.2 Å². The van der Waals surface area contributed by atoms with Gasteiger partial charge in [0.2, 0.25) is 5.91 Å². The topological polar surface area (TPSA) is 78.6 Å². The van der Waals surface area contributed by atoms with Crippen LogP contribution >= 0.6 is 0 Å². The van der Waals surface area contributed by atoms with Gasteiger partial charge in [-0.3, -0.25) is 9.69 Å². The molecule has 1 saturated heterocycles. The van der Waals surface area contributed by atoms with Gasteiger partial charge < -0.3 is 14.9 Å². The van der Waals surface area contributed by atoms with Crippen molar-refractivity contribution in [1.82, 2.24) is 15.4 Å². The molecule has 1 aromatic heterocycles. The minimum Gasteiger partial charge on any atom is -0.390 e. The normalized spacial score (nSPS) is 20.6. The average molecular weight is 375 g/mol. The number of hydrogen-bond donors (Lipinski definition) is 2. The maximum absolute atomic E-state index is 13.6. The number of amides is 1. The van der Waals surface area contributed by atoms with Crippen LogP contribution in [0.1, 0.15) is 35.4 Å². The second-order valence-corrected chi connectivity index (χ2v) is 7.16. The lowest BCUT2D eigenvalue weighted by Gasteiger charge is -2.36. The van der Waals surface area contributed by atoms with Crippen molar-refractivity contribution in [3.63, 3.8) is 0 Å². The van der Waals surface area contributed by atoms with Crippen LogP contribution in [-0.2, 0) is 17.8 Å². The molecule has 146 valence electrons. The monoisotopic (exact) mass is 375 g/mol. The maximum Gasteiger partial charge on any atom is 0.220 e. The highest BCUT2D eigenvalue weighted by atomic mass is 19.1. The van der Waals surface area contributed by atoms with E-state index in [0.29, 0.717) is 31.5 Å². The number of aliphatic hydroxyl groups excluding tert-OH is 1. The first-order chi connectivity index (χ1) is 12.9. The van der Waals surface area contributed by atoms with E-state index in [0.717, 1.165) is 23.6 Å². The average Bonchev–Trinajstić information content (AvgIpc) is 2.95. The number of benzene rings is 1. The summed E-state index contributed by atoms with van der Waals surface area (Å²) in [5.41, 5.74) is 2.45. The largest absolute Gasteiger partial charge is 0.390 e. The van der Waals surface area contributed by atoms with E-state index in [4.69, 9.17) is 4.52 Å². The molecule has 0 spiro atoms. The smallest absolute Gasteiger partial charge is 0.220 e. The lowest BCUT2D eigenvalue weighted by Crippen LogP contribution is -2.53. The molecule has 3 rings (SSSR count). The zero-order valence-corrected chi connectivity index (χ0v) is 15.7. The van der Waals surface area contributed by atoms with Crippen LogP contribution in [0.2, 0.25) is 0 Å². The Morgan fingerprint density at radius 1 is 1.41 bits per heavy atom. The number of nitrogens with one attached hydrogen (secondary N) is 1. The third-order valence-corrected chi connectivity index (χ3v) is 5.15. The lowest BCUT2D eigenvalue weighted by molar-refractivity contribution is -0.123. The number of β-amino-alcohol motifs (C(OH)–C–C–N with tert-alkyl or cyclic N) is 1. The van der Waals surface area contributed by atoms with Crippen LogP contribution in [-0.4, -0.2) is 46.3 Å². The Morgan fingerprint density at radius 2 is 2.19 bits per heavy atom. The quantitative estimate of drug-likeness (QED) is 0.809. The fraction of sp³-hybridized carbons (Fsp3) is 0.500. The SMILES string of the molecule is Cc1noc(C)c1CN1CC[C@@H](NC(=O)CCc2ccccc2F)[C@H](O)C1.